The minimum atomic E-state index is -1.18. The van der Waals surface area contributed by atoms with Crippen LogP contribution in [0.5, 0.6) is 17.2 Å². The van der Waals surface area contributed by atoms with E-state index < -0.39 is 17.9 Å². The Balaban J connectivity index is 1.64. The number of halogens is 2. The number of carbonyl (C=O) groups is 2. The van der Waals surface area contributed by atoms with Gasteiger partial charge in [0.1, 0.15) is 17.4 Å². The molecule has 0 fully saturated rings. The zero-order chi connectivity index (χ0) is 28.4. The van der Waals surface area contributed by atoms with Gasteiger partial charge in [0, 0.05) is 12.6 Å². The van der Waals surface area contributed by atoms with Crippen LogP contribution in [-0.4, -0.2) is 36.8 Å². The molecule has 204 valence electrons. The van der Waals surface area contributed by atoms with E-state index in [1.165, 1.54) is 28.8 Å². The van der Waals surface area contributed by atoms with E-state index in [1.807, 2.05) is 29.6 Å². The summed E-state index contributed by atoms with van der Waals surface area (Å²) in [6.45, 7) is 1.86. The van der Waals surface area contributed by atoms with Crippen LogP contribution in [0.1, 0.15) is 12.5 Å². The Hall–Kier alpha value is -4.24. The fourth-order valence-electron chi connectivity index (χ4n) is 3.28. The number of hydrogen-bond acceptors (Lipinski definition) is 9. The Morgan fingerprint density at radius 1 is 1.08 bits per heavy atom. The molecule has 39 heavy (non-hydrogen) atoms. The van der Waals surface area contributed by atoms with Crippen molar-refractivity contribution >= 4 is 40.9 Å². The fraction of sp³-hybridized carbons (Fsp3) is 0.231. The molecule has 2 aromatic carbocycles. The van der Waals surface area contributed by atoms with Crippen LogP contribution in [0.3, 0.4) is 0 Å². The van der Waals surface area contributed by atoms with Crippen LogP contribution in [0.25, 0.3) is 0 Å². The van der Waals surface area contributed by atoms with Crippen molar-refractivity contribution < 1.29 is 23.8 Å². The molecule has 1 unspecified atom stereocenters. The van der Waals surface area contributed by atoms with Crippen molar-refractivity contribution in [1.29, 1.82) is 5.26 Å². The zero-order valence-electron chi connectivity index (χ0n) is 21.0. The van der Waals surface area contributed by atoms with Gasteiger partial charge in [-0.2, -0.15) is 5.26 Å². The van der Waals surface area contributed by atoms with Crippen molar-refractivity contribution in [3.05, 3.63) is 80.7 Å². The molecule has 1 heterocycles. The van der Waals surface area contributed by atoms with Gasteiger partial charge in [0.15, 0.2) is 5.75 Å². The molecule has 0 saturated heterocycles. The normalized spacial score (nSPS) is 11.2. The molecule has 3 rings (SSSR count). The Bertz CT molecular complexity index is 1400. The summed E-state index contributed by atoms with van der Waals surface area (Å²) in [7, 11) is 1.58. The van der Waals surface area contributed by atoms with Crippen molar-refractivity contribution in [2.75, 3.05) is 25.7 Å². The molecule has 3 aromatic rings. The molecule has 11 nitrogen and oxygen atoms in total. The minimum absolute atomic E-state index is 0.0883. The standard InChI is InChI=1S/C26H25Cl2N5O6/c1-3-38-26(36)31-25(35)17(12-29)13-30-32-18-10-21(27)24(22(28)11-18)39-20-8-9-23(34)33(15-20)14-16-4-6-19(37-2)7-5-16/h4-11,15,17,30,32H,3,13-14H2,1-2H3,(H,31,35,36). The number of pyridine rings is 1. The van der Waals surface area contributed by atoms with E-state index in [1.54, 1.807) is 26.3 Å². The first kappa shape index (κ1) is 29.3. The first-order valence-corrected chi connectivity index (χ1v) is 12.4. The molecule has 3 N–H and O–H groups in total. The molecular weight excluding hydrogens is 549 g/mol. The number of anilines is 1. The summed E-state index contributed by atoms with van der Waals surface area (Å²) in [6, 6.07) is 15.1. The van der Waals surface area contributed by atoms with Crippen molar-refractivity contribution in [3.8, 4) is 23.3 Å². The summed E-state index contributed by atoms with van der Waals surface area (Å²) in [4.78, 5) is 35.8. The molecule has 13 heteroatoms. The van der Waals surface area contributed by atoms with Gasteiger partial charge in [0.25, 0.3) is 5.56 Å². The topological polar surface area (TPSA) is 144 Å². The van der Waals surface area contributed by atoms with Crippen molar-refractivity contribution in [2.45, 2.75) is 13.5 Å². The smallest absolute Gasteiger partial charge is 0.413 e. The van der Waals surface area contributed by atoms with E-state index in [-0.39, 0.29) is 34.5 Å². The summed E-state index contributed by atoms with van der Waals surface area (Å²) in [5, 5.41) is 11.5. The SMILES string of the molecule is CCOC(=O)NC(=O)C(C#N)CNNc1cc(Cl)c(Oc2ccc(=O)n(Cc3ccc(OC)cc3)c2)c(Cl)c1. The van der Waals surface area contributed by atoms with Gasteiger partial charge in [-0.3, -0.25) is 14.9 Å². The molecule has 1 aromatic heterocycles. The summed E-state index contributed by atoms with van der Waals surface area (Å²) >= 11 is 12.8. The monoisotopic (exact) mass is 573 g/mol. The Morgan fingerprint density at radius 2 is 1.74 bits per heavy atom. The zero-order valence-corrected chi connectivity index (χ0v) is 22.5. The second-order valence-electron chi connectivity index (χ2n) is 7.95. The van der Waals surface area contributed by atoms with Crippen molar-refractivity contribution in [1.82, 2.24) is 15.3 Å². The van der Waals surface area contributed by atoms with E-state index in [0.29, 0.717) is 23.7 Å². The number of nitriles is 1. The summed E-state index contributed by atoms with van der Waals surface area (Å²) < 4.78 is 17.2. The summed E-state index contributed by atoms with van der Waals surface area (Å²) in [6.07, 6.45) is 0.622. The van der Waals surface area contributed by atoms with Crippen LogP contribution in [0, 0.1) is 17.2 Å². The van der Waals surface area contributed by atoms with Crippen LogP contribution >= 0.6 is 23.2 Å². The van der Waals surface area contributed by atoms with Gasteiger partial charge in [-0.1, -0.05) is 35.3 Å². The number of carbonyl (C=O) groups excluding carboxylic acids is 2. The molecule has 0 aliphatic heterocycles. The molecule has 2 amide bonds. The van der Waals surface area contributed by atoms with E-state index in [4.69, 9.17) is 32.7 Å². The molecular formula is C26H25Cl2N5O6. The number of nitrogens with zero attached hydrogens (tertiary/aromatic N) is 2. The highest BCUT2D eigenvalue weighted by atomic mass is 35.5. The van der Waals surface area contributed by atoms with Crippen molar-refractivity contribution in [2.24, 2.45) is 5.92 Å². The molecule has 0 aliphatic carbocycles. The van der Waals surface area contributed by atoms with Crippen LogP contribution in [0.4, 0.5) is 10.5 Å². The first-order chi connectivity index (χ1) is 18.7. The van der Waals surface area contributed by atoms with Gasteiger partial charge in [0.05, 0.1) is 48.3 Å². The van der Waals surface area contributed by atoms with Gasteiger partial charge in [0.2, 0.25) is 5.91 Å². The molecule has 1 atom stereocenters. The lowest BCUT2D eigenvalue weighted by Crippen LogP contribution is -2.40. The van der Waals surface area contributed by atoms with E-state index in [2.05, 4.69) is 15.6 Å². The quantitative estimate of drug-likeness (QED) is 0.285. The highest BCUT2D eigenvalue weighted by molar-refractivity contribution is 6.37. The molecule has 0 radical (unpaired) electrons. The van der Waals surface area contributed by atoms with Crippen LogP contribution in [0.2, 0.25) is 10.0 Å². The predicted octanol–water partition coefficient (Wildman–Crippen LogP) is 4.33. The first-order valence-electron chi connectivity index (χ1n) is 11.6. The lowest BCUT2D eigenvalue weighted by molar-refractivity contribution is -0.122. The number of amides is 2. The van der Waals surface area contributed by atoms with Gasteiger partial charge in [-0.05, 0) is 42.8 Å². The third kappa shape index (κ3) is 8.38. The Kier molecular flexibility index (Phi) is 10.6. The maximum Gasteiger partial charge on any atom is 0.413 e. The lowest BCUT2D eigenvalue weighted by atomic mass is 10.1. The molecule has 0 spiro atoms. The number of imide groups is 1. The number of benzene rings is 2. The fourth-order valence-corrected chi connectivity index (χ4v) is 3.84. The highest BCUT2D eigenvalue weighted by Gasteiger charge is 2.20. The van der Waals surface area contributed by atoms with Gasteiger partial charge in [-0.25, -0.2) is 10.2 Å². The Labute approximate surface area is 234 Å². The average Bonchev–Trinajstić information content (AvgIpc) is 2.91. The summed E-state index contributed by atoms with van der Waals surface area (Å²) in [5.74, 6) is -0.759. The van der Waals surface area contributed by atoms with E-state index in [0.717, 1.165) is 5.56 Å². The molecule has 0 saturated carbocycles. The number of rotatable bonds is 11. The second-order valence-corrected chi connectivity index (χ2v) is 8.76. The molecule has 0 bridgehead atoms. The number of ether oxygens (including phenoxy) is 3. The van der Waals surface area contributed by atoms with Crippen molar-refractivity contribution in [3.63, 3.8) is 0 Å². The number of hydrazine groups is 1. The number of hydrogen-bond donors (Lipinski definition) is 3. The van der Waals surface area contributed by atoms with Crippen LogP contribution < -0.4 is 31.2 Å². The summed E-state index contributed by atoms with van der Waals surface area (Å²) in [5.41, 5.74) is 6.61. The van der Waals surface area contributed by atoms with Gasteiger partial charge < -0.3 is 24.2 Å². The minimum Gasteiger partial charge on any atom is -0.497 e. The number of alkyl carbamates (subject to hydrolysis) is 1. The van der Waals surface area contributed by atoms with Crippen LogP contribution in [-0.2, 0) is 16.1 Å². The maximum absolute atomic E-state index is 12.4. The lowest BCUT2D eigenvalue weighted by Gasteiger charge is -2.15. The number of methoxy groups -OCH3 is 1. The van der Waals surface area contributed by atoms with E-state index >= 15 is 0 Å². The number of nitrogens with one attached hydrogen (secondary N) is 3. The highest BCUT2D eigenvalue weighted by Crippen LogP contribution is 2.38. The second kappa shape index (κ2) is 14.1. The van der Waals surface area contributed by atoms with E-state index in [9.17, 15) is 19.6 Å². The largest absolute Gasteiger partial charge is 0.497 e. The molecule has 0 aliphatic rings. The Morgan fingerprint density at radius 3 is 2.36 bits per heavy atom. The van der Waals surface area contributed by atoms with Crippen LogP contribution in [0.15, 0.2) is 59.5 Å². The average molecular weight is 574 g/mol. The maximum atomic E-state index is 12.4. The van der Waals surface area contributed by atoms with Gasteiger partial charge in [-0.15, -0.1) is 0 Å². The predicted molar refractivity (Wildman–Crippen MR) is 145 cm³/mol. The van der Waals surface area contributed by atoms with Gasteiger partial charge >= 0.3 is 6.09 Å². The third-order valence-corrected chi connectivity index (χ3v) is 5.76. The third-order valence-electron chi connectivity index (χ3n) is 5.20. The number of aromatic nitrogens is 1.